The van der Waals surface area contributed by atoms with Crippen LogP contribution in [0.1, 0.15) is 45.1 Å². The highest BCUT2D eigenvalue weighted by Crippen LogP contribution is 2.32. The molecule has 0 saturated heterocycles. The van der Waals surface area contributed by atoms with E-state index in [2.05, 4.69) is 23.9 Å². The molecule has 0 bridgehead atoms. The van der Waals surface area contributed by atoms with Gasteiger partial charge >= 0.3 is 0 Å². The van der Waals surface area contributed by atoms with Crippen LogP contribution in [0.2, 0.25) is 10.0 Å². The molecule has 0 heterocycles. The van der Waals surface area contributed by atoms with E-state index in [1.165, 1.54) is 12.5 Å². The van der Waals surface area contributed by atoms with Crippen LogP contribution in [0.3, 0.4) is 0 Å². The second-order valence-electron chi connectivity index (χ2n) is 7.57. The highest BCUT2D eigenvalue weighted by Gasteiger charge is 2.19. The molecule has 2 aromatic rings. The zero-order valence-corrected chi connectivity index (χ0v) is 20.4. The molecular weight excluding hydrogens is 453 g/mol. The van der Waals surface area contributed by atoms with E-state index in [-0.39, 0.29) is 10.6 Å². The van der Waals surface area contributed by atoms with Crippen LogP contribution in [0.5, 0.6) is 0 Å². The molecule has 31 heavy (non-hydrogen) atoms. The van der Waals surface area contributed by atoms with Crippen LogP contribution >= 0.6 is 23.2 Å². The average molecular weight is 482 g/mol. The Labute approximate surface area is 195 Å². The van der Waals surface area contributed by atoms with Crippen LogP contribution in [-0.4, -0.2) is 22.0 Å². The van der Waals surface area contributed by atoms with E-state index in [1.807, 2.05) is 7.05 Å². The molecule has 0 aromatic heterocycles. The number of benzene rings is 2. The van der Waals surface area contributed by atoms with Crippen molar-refractivity contribution in [2.24, 2.45) is 11.0 Å². The first-order valence-electron chi connectivity index (χ1n) is 10.3. The van der Waals surface area contributed by atoms with Gasteiger partial charge in [0.1, 0.15) is 10.6 Å². The number of hydrogen-bond acceptors (Lipinski definition) is 5. The van der Waals surface area contributed by atoms with Gasteiger partial charge in [0, 0.05) is 34.7 Å². The van der Waals surface area contributed by atoms with Gasteiger partial charge in [-0.3, -0.25) is 0 Å². The van der Waals surface area contributed by atoms with Crippen molar-refractivity contribution in [3.63, 3.8) is 0 Å². The third kappa shape index (κ3) is 7.06. The molecule has 0 aliphatic heterocycles. The molecule has 1 N–H and O–H groups in total. The Bertz CT molecular complexity index is 1040. The van der Waals surface area contributed by atoms with Gasteiger partial charge in [-0.05, 0) is 54.3 Å². The molecular formula is C23H29Cl2N3O2S. The van der Waals surface area contributed by atoms with Crippen LogP contribution in [0.4, 0.5) is 11.4 Å². The number of nitrogens with one attached hydrogen (secondary N) is 1. The standard InChI is InChI=1S/C23H29Cl2N3O2S/c1-4-6-7-17(5-2)16-28(3)20-10-11-22(27-26)23(15-20)31(29,30)13-12-18-8-9-19(24)14-21(18)25/h8-15,17,26H,4-7,16H2,1-3H3/b13-12-,27-26?. The number of sulfone groups is 1. The Hall–Kier alpha value is -1.89. The third-order valence-corrected chi connectivity index (χ3v) is 7.27. The van der Waals surface area contributed by atoms with Gasteiger partial charge in [0.15, 0.2) is 0 Å². The van der Waals surface area contributed by atoms with Gasteiger partial charge in [-0.1, -0.05) is 62.4 Å². The van der Waals surface area contributed by atoms with Gasteiger partial charge in [-0.15, -0.1) is 0 Å². The fourth-order valence-electron chi connectivity index (χ4n) is 3.34. The zero-order valence-electron chi connectivity index (χ0n) is 18.1. The van der Waals surface area contributed by atoms with E-state index in [1.54, 1.807) is 36.4 Å². The first-order chi connectivity index (χ1) is 14.7. The molecule has 1 atom stereocenters. The third-order valence-electron chi connectivity index (χ3n) is 5.28. The van der Waals surface area contributed by atoms with Crippen LogP contribution in [0.25, 0.3) is 6.08 Å². The van der Waals surface area contributed by atoms with E-state index in [0.29, 0.717) is 21.5 Å². The number of unbranched alkanes of at least 4 members (excludes halogenated alkanes) is 1. The second-order valence-corrected chi connectivity index (χ2v) is 10.2. The molecule has 0 aliphatic carbocycles. The maximum Gasteiger partial charge on any atom is 0.202 e. The number of nitrogens with zero attached hydrogens (tertiary/aromatic N) is 2. The minimum atomic E-state index is -3.84. The fourth-order valence-corrected chi connectivity index (χ4v) is 4.98. The number of rotatable bonds is 11. The maximum atomic E-state index is 13.0. The van der Waals surface area contributed by atoms with E-state index < -0.39 is 9.84 Å². The molecule has 0 aliphatic rings. The summed E-state index contributed by atoms with van der Waals surface area (Å²) >= 11 is 12.0. The summed E-state index contributed by atoms with van der Waals surface area (Å²) in [4.78, 5) is 2.06. The Morgan fingerprint density at radius 3 is 2.52 bits per heavy atom. The summed E-state index contributed by atoms with van der Waals surface area (Å²) in [7, 11) is -1.89. The molecule has 2 aromatic carbocycles. The molecule has 8 heteroatoms. The van der Waals surface area contributed by atoms with Crippen molar-refractivity contribution < 1.29 is 8.42 Å². The van der Waals surface area contributed by atoms with Crippen LogP contribution in [-0.2, 0) is 9.84 Å². The second kappa shape index (κ2) is 11.7. The van der Waals surface area contributed by atoms with E-state index in [9.17, 15) is 8.42 Å². The molecule has 0 spiro atoms. The van der Waals surface area contributed by atoms with Gasteiger partial charge in [0.25, 0.3) is 0 Å². The lowest BCUT2D eigenvalue weighted by Gasteiger charge is -2.25. The summed E-state index contributed by atoms with van der Waals surface area (Å²) in [5.74, 6) is 0.539. The largest absolute Gasteiger partial charge is 0.374 e. The molecule has 1 unspecified atom stereocenters. The predicted octanol–water partition coefficient (Wildman–Crippen LogP) is 7.75. The summed E-state index contributed by atoms with van der Waals surface area (Å²) in [5, 5.41) is 5.33. The topological polar surface area (TPSA) is 73.6 Å². The Morgan fingerprint density at radius 2 is 1.90 bits per heavy atom. The van der Waals surface area contributed by atoms with Crippen molar-refractivity contribution >= 4 is 50.5 Å². The molecule has 168 valence electrons. The van der Waals surface area contributed by atoms with Crippen LogP contribution < -0.4 is 4.90 Å². The first-order valence-corrected chi connectivity index (χ1v) is 12.6. The van der Waals surface area contributed by atoms with Gasteiger partial charge in [0.2, 0.25) is 9.84 Å². The molecule has 5 nitrogen and oxygen atoms in total. The number of anilines is 1. The number of hydrogen-bond donors (Lipinski definition) is 1. The van der Waals surface area contributed by atoms with Crippen molar-refractivity contribution in [3.8, 4) is 0 Å². The maximum absolute atomic E-state index is 13.0. The lowest BCUT2D eigenvalue weighted by molar-refractivity contribution is 0.453. The quantitative estimate of drug-likeness (QED) is 0.333. The predicted molar refractivity (Wildman–Crippen MR) is 131 cm³/mol. The minimum absolute atomic E-state index is 0.00482. The summed E-state index contributed by atoms with van der Waals surface area (Å²) in [6, 6.07) is 9.81. The Balaban J connectivity index is 2.33. The molecule has 0 fully saturated rings. The Kier molecular flexibility index (Phi) is 9.54. The average Bonchev–Trinajstić information content (AvgIpc) is 2.75. The number of halogens is 2. The van der Waals surface area contributed by atoms with Crippen molar-refractivity contribution in [3.05, 3.63) is 57.4 Å². The summed E-state index contributed by atoms with van der Waals surface area (Å²) < 4.78 is 26.1. The Morgan fingerprint density at radius 1 is 1.16 bits per heavy atom. The lowest BCUT2D eigenvalue weighted by Crippen LogP contribution is -2.25. The van der Waals surface area contributed by atoms with Crippen molar-refractivity contribution in [2.45, 2.75) is 44.4 Å². The summed E-state index contributed by atoms with van der Waals surface area (Å²) in [6.07, 6.45) is 5.98. The molecule has 0 saturated carbocycles. The minimum Gasteiger partial charge on any atom is -0.374 e. The SMILES string of the molecule is CCCCC(CC)CN(C)c1ccc(N=N)c(S(=O)(=O)/C=C\c2ccc(Cl)cc2Cl)c1. The van der Waals surface area contributed by atoms with E-state index >= 15 is 0 Å². The normalized spacial score (nSPS) is 12.8. The van der Waals surface area contributed by atoms with E-state index in [4.69, 9.17) is 28.7 Å². The van der Waals surface area contributed by atoms with Gasteiger partial charge in [0.05, 0.1) is 0 Å². The van der Waals surface area contributed by atoms with Crippen molar-refractivity contribution in [1.82, 2.24) is 0 Å². The van der Waals surface area contributed by atoms with Gasteiger partial charge in [-0.25, -0.2) is 13.9 Å². The fraction of sp³-hybridized carbons (Fsp3) is 0.391. The summed E-state index contributed by atoms with van der Waals surface area (Å²) in [6.45, 7) is 5.20. The van der Waals surface area contributed by atoms with Gasteiger partial charge in [-0.2, -0.15) is 5.11 Å². The highest BCUT2D eigenvalue weighted by atomic mass is 35.5. The molecule has 0 amide bonds. The van der Waals surface area contributed by atoms with Crippen molar-refractivity contribution in [1.29, 1.82) is 5.53 Å². The lowest BCUT2D eigenvalue weighted by atomic mass is 9.98. The summed E-state index contributed by atoms with van der Waals surface area (Å²) in [5.41, 5.74) is 8.81. The monoisotopic (exact) mass is 481 g/mol. The molecule has 0 radical (unpaired) electrons. The first kappa shape index (κ1) is 25.4. The van der Waals surface area contributed by atoms with Gasteiger partial charge < -0.3 is 4.90 Å². The zero-order chi connectivity index (χ0) is 23.0. The van der Waals surface area contributed by atoms with Crippen LogP contribution in [0, 0.1) is 11.4 Å². The smallest absolute Gasteiger partial charge is 0.202 e. The van der Waals surface area contributed by atoms with Crippen molar-refractivity contribution in [2.75, 3.05) is 18.5 Å². The van der Waals surface area contributed by atoms with Crippen LogP contribution in [0.15, 0.2) is 51.8 Å². The highest BCUT2D eigenvalue weighted by molar-refractivity contribution is 7.94. The van der Waals surface area contributed by atoms with E-state index in [0.717, 1.165) is 36.9 Å². The molecule has 2 rings (SSSR count).